The van der Waals surface area contributed by atoms with Crippen LogP contribution >= 0.6 is 11.8 Å². The standard InChI is InChI=1S/C32H30N2O5S/c1-3-39-32(38)18-12-14-19(15-13-18)33-29(35)24(16-17-40-2)34-30(36)27-25-20-8-4-5-9-21(20)26(28(27)31(34)37)23-11-7-6-10-22(23)25/h4-15,24-28H,3,16-17H2,1-2H3,(H,33,35)/t24-,25?,26?,27+,28+/m0/s1. The third kappa shape index (κ3) is 4.13. The van der Waals surface area contributed by atoms with Crippen molar-refractivity contribution in [3.63, 3.8) is 0 Å². The number of likely N-dealkylation sites (tertiary alicyclic amines) is 1. The van der Waals surface area contributed by atoms with Gasteiger partial charge in [-0.15, -0.1) is 0 Å². The Morgan fingerprint density at radius 1 is 0.850 bits per heavy atom. The summed E-state index contributed by atoms with van der Waals surface area (Å²) in [5.74, 6) is -2.29. The molecule has 3 aliphatic carbocycles. The molecule has 1 fully saturated rings. The molecule has 1 heterocycles. The molecule has 0 spiro atoms. The second kappa shape index (κ2) is 10.6. The van der Waals surface area contributed by atoms with E-state index in [1.807, 2.05) is 30.5 Å². The molecule has 8 heteroatoms. The number of hydrogen-bond acceptors (Lipinski definition) is 6. The average Bonchev–Trinajstić information content (AvgIpc) is 3.24. The molecule has 40 heavy (non-hydrogen) atoms. The van der Waals surface area contributed by atoms with E-state index in [-0.39, 0.29) is 30.3 Å². The highest BCUT2D eigenvalue weighted by Crippen LogP contribution is 2.61. The number of nitrogens with one attached hydrogen (secondary N) is 1. The van der Waals surface area contributed by atoms with Crippen molar-refractivity contribution in [2.24, 2.45) is 11.8 Å². The van der Waals surface area contributed by atoms with Gasteiger partial charge >= 0.3 is 5.97 Å². The van der Waals surface area contributed by atoms with E-state index in [2.05, 4.69) is 29.6 Å². The van der Waals surface area contributed by atoms with Gasteiger partial charge in [-0.25, -0.2) is 4.79 Å². The Morgan fingerprint density at radius 2 is 1.35 bits per heavy atom. The Morgan fingerprint density at radius 3 is 1.80 bits per heavy atom. The molecule has 1 N–H and O–H groups in total. The van der Waals surface area contributed by atoms with Crippen LogP contribution in [0.1, 0.15) is 57.8 Å². The van der Waals surface area contributed by atoms with Crippen LogP contribution in [-0.2, 0) is 19.1 Å². The first kappa shape index (κ1) is 26.3. The summed E-state index contributed by atoms with van der Waals surface area (Å²) in [4.78, 5) is 55.3. The van der Waals surface area contributed by atoms with E-state index in [1.165, 1.54) is 4.90 Å². The monoisotopic (exact) mass is 554 g/mol. The zero-order valence-corrected chi connectivity index (χ0v) is 23.1. The largest absolute Gasteiger partial charge is 0.462 e. The van der Waals surface area contributed by atoms with Gasteiger partial charge < -0.3 is 10.1 Å². The Hall–Kier alpha value is -3.91. The molecule has 2 bridgehead atoms. The number of hydrogen-bond donors (Lipinski definition) is 1. The summed E-state index contributed by atoms with van der Waals surface area (Å²) >= 11 is 1.56. The summed E-state index contributed by atoms with van der Waals surface area (Å²) in [6, 6.07) is 21.7. The van der Waals surface area contributed by atoms with Crippen LogP contribution in [0.5, 0.6) is 0 Å². The number of carbonyl (C=O) groups excluding carboxylic acids is 4. The van der Waals surface area contributed by atoms with Crippen LogP contribution in [0, 0.1) is 11.8 Å². The zero-order chi connectivity index (χ0) is 28.0. The normalized spacial score (nSPS) is 22.8. The van der Waals surface area contributed by atoms with E-state index in [0.717, 1.165) is 22.3 Å². The minimum Gasteiger partial charge on any atom is -0.462 e. The van der Waals surface area contributed by atoms with Crippen molar-refractivity contribution < 1.29 is 23.9 Å². The highest BCUT2D eigenvalue weighted by atomic mass is 32.2. The van der Waals surface area contributed by atoms with Gasteiger partial charge in [-0.3, -0.25) is 19.3 Å². The molecule has 1 saturated heterocycles. The Balaban J connectivity index is 1.32. The third-order valence-electron chi connectivity index (χ3n) is 8.36. The van der Waals surface area contributed by atoms with Gasteiger partial charge in [-0.05, 0) is 71.9 Å². The smallest absolute Gasteiger partial charge is 0.338 e. The fourth-order valence-corrected chi connectivity index (χ4v) is 7.20. The maximum atomic E-state index is 14.2. The van der Waals surface area contributed by atoms with E-state index in [0.29, 0.717) is 23.4 Å². The second-order valence-corrected chi connectivity index (χ2v) is 11.4. The van der Waals surface area contributed by atoms with Crippen molar-refractivity contribution in [1.82, 2.24) is 4.90 Å². The number of carbonyl (C=O) groups is 4. The topological polar surface area (TPSA) is 92.8 Å². The van der Waals surface area contributed by atoms with Gasteiger partial charge in [0.1, 0.15) is 6.04 Å². The SMILES string of the molecule is CCOC(=O)c1ccc(NC(=O)[C@H](CCSC)N2C(=O)[C@@H]3C4c5ccccc5C(c5ccccc54)[C@H]3C2=O)cc1. The van der Waals surface area contributed by atoms with E-state index in [1.54, 1.807) is 43.0 Å². The maximum Gasteiger partial charge on any atom is 0.338 e. The fourth-order valence-electron chi connectivity index (χ4n) is 6.74. The van der Waals surface area contributed by atoms with E-state index < -0.39 is 29.8 Å². The molecule has 7 nitrogen and oxygen atoms in total. The molecule has 1 aliphatic heterocycles. The Labute approximate surface area is 237 Å². The van der Waals surface area contributed by atoms with Gasteiger partial charge in [0, 0.05) is 17.5 Å². The lowest BCUT2D eigenvalue weighted by Gasteiger charge is -2.45. The van der Waals surface area contributed by atoms with Crippen LogP contribution in [0.3, 0.4) is 0 Å². The molecular formula is C32H30N2O5S. The number of esters is 1. The van der Waals surface area contributed by atoms with Crippen molar-refractivity contribution in [3.8, 4) is 0 Å². The molecular weight excluding hydrogens is 524 g/mol. The Kier molecular flexibility index (Phi) is 6.96. The van der Waals surface area contributed by atoms with E-state index in [4.69, 9.17) is 4.74 Å². The molecule has 7 rings (SSSR count). The van der Waals surface area contributed by atoms with Crippen molar-refractivity contribution in [3.05, 3.63) is 101 Å². The predicted molar refractivity (Wildman–Crippen MR) is 153 cm³/mol. The van der Waals surface area contributed by atoms with Gasteiger partial charge in [0.05, 0.1) is 24.0 Å². The summed E-state index contributed by atoms with van der Waals surface area (Å²) in [5, 5.41) is 2.87. The molecule has 3 aromatic rings. The van der Waals surface area contributed by atoms with E-state index in [9.17, 15) is 19.2 Å². The van der Waals surface area contributed by atoms with Crippen LogP contribution < -0.4 is 5.32 Å². The predicted octanol–water partition coefficient (Wildman–Crippen LogP) is 4.82. The van der Waals surface area contributed by atoms with E-state index >= 15 is 0 Å². The molecule has 0 unspecified atom stereocenters. The van der Waals surface area contributed by atoms with Crippen LogP contribution in [0.15, 0.2) is 72.8 Å². The summed E-state index contributed by atoms with van der Waals surface area (Å²) in [7, 11) is 0. The highest BCUT2D eigenvalue weighted by Gasteiger charge is 2.62. The quantitative estimate of drug-likeness (QED) is 0.317. The van der Waals surface area contributed by atoms with Crippen LogP contribution in [0.4, 0.5) is 5.69 Å². The maximum absolute atomic E-state index is 14.2. The first-order valence-corrected chi connectivity index (χ1v) is 15.0. The van der Waals surface area contributed by atoms with Crippen molar-refractivity contribution in [1.29, 1.82) is 0 Å². The number of nitrogens with zero attached hydrogens (tertiary/aromatic N) is 1. The van der Waals surface area contributed by atoms with Gasteiger partial charge in [-0.2, -0.15) is 11.8 Å². The molecule has 204 valence electrons. The number of benzene rings is 3. The number of anilines is 1. The number of thioether (sulfide) groups is 1. The Bertz CT molecular complexity index is 1390. The van der Waals surface area contributed by atoms with Crippen LogP contribution in [-0.4, -0.2) is 53.2 Å². The number of imide groups is 1. The average molecular weight is 555 g/mol. The summed E-state index contributed by atoms with van der Waals surface area (Å²) in [6.45, 7) is 2.01. The number of ether oxygens (including phenoxy) is 1. The lowest BCUT2D eigenvalue weighted by molar-refractivity contribution is -0.146. The molecule has 3 aromatic carbocycles. The zero-order valence-electron chi connectivity index (χ0n) is 22.3. The molecule has 4 aliphatic rings. The molecule has 3 atom stereocenters. The van der Waals surface area contributed by atoms with Crippen LogP contribution in [0.2, 0.25) is 0 Å². The lowest BCUT2D eigenvalue weighted by Crippen LogP contribution is -2.48. The van der Waals surface area contributed by atoms with Gasteiger partial charge in [-0.1, -0.05) is 48.5 Å². The summed E-state index contributed by atoms with van der Waals surface area (Å²) < 4.78 is 5.03. The summed E-state index contributed by atoms with van der Waals surface area (Å²) in [5.41, 5.74) is 5.25. The van der Waals surface area contributed by atoms with Crippen molar-refractivity contribution in [2.75, 3.05) is 23.9 Å². The third-order valence-corrected chi connectivity index (χ3v) is 9.00. The second-order valence-electron chi connectivity index (χ2n) is 10.4. The minimum atomic E-state index is -0.937. The molecule has 0 aromatic heterocycles. The first-order chi connectivity index (χ1) is 19.5. The van der Waals surface area contributed by atoms with Gasteiger partial charge in [0.2, 0.25) is 17.7 Å². The number of rotatable bonds is 8. The van der Waals surface area contributed by atoms with Gasteiger partial charge in [0.25, 0.3) is 0 Å². The van der Waals surface area contributed by atoms with Crippen LogP contribution in [0.25, 0.3) is 0 Å². The molecule has 0 saturated carbocycles. The fraction of sp³-hybridized carbons (Fsp3) is 0.312. The molecule has 3 amide bonds. The highest BCUT2D eigenvalue weighted by molar-refractivity contribution is 7.98. The van der Waals surface area contributed by atoms with Gasteiger partial charge in [0.15, 0.2) is 0 Å². The number of amides is 3. The lowest BCUT2D eigenvalue weighted by atomic mass is 9.55. The molecule has 0 radical (unpaired) electrons. The van der Waals surface area contributed by atoms with Crippen molar-refractivity contribution >= 4 is 41.1 Å². The van der Waals surface area contributed by atoms with Crippen molar-refractivity contribution in [2.45, 2.75) is 31.2 Å². The first-order valence-electron chi connectivity index (χ1n) is 13.6. The minimum absolute atomic E-state index is 0.219. The summed E-state index contributed by atoms with van der Waals surface area (Å²) in [6.07, 6.45) is 2.28.